The maximum Gasteiger partial charge on any atom is 0.159 e. The van der Waals surface area contributed by atoms with Crippen LogP contribution in [0.2, 0.25) is 0 Å². The second-order valence-corrected chi connectivity index (χ2v) is 7.12. The van der Waals surface area contributed by atoms with E-state index in [2.05, 4.69) is 24.0 Å². The molecule has 1 saturated heterocycles. The number of rotatable bonds is 4. The van der Waals surface area contributed by atoms with Crippen LogP contribution in [0.3, 0.4) is 0 Å². The molecule has 0 radical (unpaired) electrons. The van der Waals surface area contributed by atoms with E-state index in [0.717, 1.165) is 56.4 Å². The standard InChI is InChI=1S/C20H25N3O2/c1-15-17-12-25-14-20(8-9-23(13-20)10-11-24-2)18(17)22-19(21-15)16-6-4-3-5-7-16/h3-7H,8-14H2,1-2H3/t20-/m0/s1. The molecule has 25 heavy (non-hydrogen) atoms. The molecule has 0 amide bonds. The molecule has 0 saturated carbocycles. The molecule has 1 fully saturated rings. The van der Waals surface area contributed by atoms with Crippen molar-refractivity contribution >= 4 is 0 Å². The van der Waals surface area contributed by atoms with Crippen LogP contribution in [-0.4, -0.2) is 54.8 Å². The molecule has 1 aromatic carbocycles. The summed E-state index contributed by atoms with van der Waals surface area (Å²) in [6, 6.07) is 10.2. The van der Waals surface area contributed by atoms with Gasteiger partial charge in [-0.15, -0.1) is 0 Å². The molecule has 4 rings (SSSR count). The van der Waals surface area contributed by atoms with Gasteiger partial charge in [0.2, 0.25) is 0 Å². The highest BCUT2D eigenvalue weighted by Gasteiger charge is 2.45. The van der Waals surface area contributed by atoms with Gasteiger partial charge >= 0.3 is 0 Å². The molecule has 5 nitrogen and oxygen atoms in total. The second-order valence-electron chi connectivity index (χ2n) is 7.12. The monoisotopic (exact) mass is 339 g/mol. The van der Waals surface area contributed by atoms with Crippen LogP contribution in [0.5, 0.6) is 0 Å². The maximum absolute atomic E-state index is 5.98. The van der Waals surface area contributed by atoms with Gasteiger partial charge < -0.3 is 9.47 Å². The average molecular weight is 339 g/mol. The highest BCUT2D eigenvalue weighted by molar-refractivity contribution is 5.56. The van der Waals surface area contributed by atoms with Crippen LogP contribution in [0.15, 0.2) is 30.3 Å². The van der Waals surface area contributed by atoms with E-state index in [4.69, 9.17) is 19.4 Å². The Labute approximate surface area is 149 Å². The van der Waals surface area contributed by atoms with Gasteiger partial charge in [-0.05, 0) is 19.9 Å². The Morgan fingerprint density at radius 3 is 2.88 bits per heavy atom. The number of likely N-dealkylation sites (tertiary alicyclic amines) is 1. The molecule has 0 bridgehead atoms. The Balaban J connectivity index is 1.72. The van der Waals surface area contributed by atoms with Crippen molar-refractivity contribution in [3.63, 3.8) is 0 Å². The van der Waals surface area contributed by atoms with E-state index in [0.29, 0.717) is 6.61 Å². The van der Waals surface area contributed by atoms with Crippen molar-refractivity contribution in [2.75, 3.05) is 40.0 Å². The largest absolute Gasteiger partial charge is 0.383 e. The fraction of sp³-hybridized carbons (Fsp3) is 0.500. The van der Waals surface area contributed by atoms with Crippen molar-refractivity contribution in [3.05, 3.63) is 47.3 Å². The van der Waals surface area contributed by atoms with E-state index in [1.54, 1.807) is 7.11 Å². The summed E-state index contributed by atoms with van der Waals surface area (Å²) < 4.78 is 11.2. The van der Waals surface area contributed by atoms with Crippen molar-refractivity contribution in [2.45, 2.75) is 25.4 Å². The number of fused-ring (bicyclic) bond motifs is 2. The van der Waals surface area contributed by atoms with Crippen LogP contribution < -0.4 is 0 Å². The number of benzene rings is 1. The summed E-state index contributed by atoms with van der Waals surface area (Å²) in [6.07, 6.45) is 1.08. The highest BCUT2D eigenvalue weighted by atomic mass is 16.5. The lowest BCUT2D eigenvalue weighted by atomic mass is 9.80. The molecule has 0 aliphatic carbocycles. The van der Waals surface area contributed by atoms with Crippen LogP contribution in [0.25, 0.3) is 11.4 Å². The molecule has 5 heteroatoms. The smallest absolute Gasteiger partial charge is 0.159 e. The van der Waals surface area contributed by atoms with Crippen LogP contribution in [0, 0.1) is 6.92 Å². The minimum absolute atomic E-state index is 0.0153. The lowest BCUT2D eigenvalue weighted by molar-refractivity contribution is 0.0488. The Kier molecular flexibility index (Phi) is 4.54. The molecule has 0 N–H and O–H groups in total. The summed E-state index contributed by atoms with van der Waals surface area (Å²) in [5.74, 6) is 0.827. The summed E-state index contributed by atoms with van der Waals surface area (Å²) in [6.45, 7) is 7.21. The molecule has 3 heterocycles. The van der Waals surface area contributed by atoms with Gasteiger partial charge in [0.1, 0.15) is 0 Å². The molecule has 2 aliphatic heterocycles. The first kappa shape index (κ1) is 16.6. The highest BCUT2D eigenvalue weighted by Crippen LogP contribution is 2.40. The Morgan fingerprint density at radius 2 is 2.08 bits per heavy atom. The third kappa shape index (κ3) is 3.08. The predicted molar refractivity (Wildman–Crippen MR) is 96.5 cm³/mol. The third-order valence-corrected chi connectivity index (χ3v) is 5.42. The van der Waals surface area contributed by atoms with Crippen molar-refractivity contribution in [2.24, 2.45) is 0 Å². The Bertz CT molecular complexity index is 750. The zero-order valence-corrected chi connectivity index (χ0v) is 15.0. The first-order valence-corrected chi connectivity index (χ1v) is 8.94. The minimum atomic E-state index is -0.0153. The van der Waals surface area contributed by atoms with E-state index in [9.17, 15) is 0 Å². The maximum atomic E-state index is 5.98. The molecule has 1 spiro atoms. The molecule has 0 unspecified atom stereocenters. The van der Waals surface area contributed by atoms with Crippen molar-refractivity contribution < 1.29 is 9.47 Å². The predicted octanol–water partition coefficient (Wildman–Crippen LogP) is 2.57. The number of aromatic nitrogens is 2. The first-order chi connectivity index (χ1) is 12.2. The number of aryl methyl sites for hydroxylation is 1. The van der Waals surface area contributed by atoms with Crippen LogP contribution in [-0.2, 0) is 21.5 Å². The molecule has 2 aliphatic rings. The number of hydrogen-bond donors (Lipinski definition) is 0. The number of hydrogen-bond acceptors (Lipinski definition) is 5. The summed E-state index contributed by atoms with van der Waals surface area (Å²) in [7, 11) is 1.76. The van der Waals surface area contributed by atoms with Gasteiger partial charge in [0, 0.05) is 37.0 Å². The summed E-state index contributed by atoms with van der Waals surface area (Å²) in [5.41, 5.74) is 4.48. The van der Waals surface area contributed by atoms with Gasteiger partial charge in [-0.3, -0.25) is 4.90 Å². The first-order valence-electron chi connectivity index (χ1n) is 8.94. The van der Waals surface area contributed by atoms with Crippen molar-refractivity contribution in [1.82, 2.24) is 14.9 Å². The van der Waals surface area contributed by atoms with Crippen LogP contribution >= 0.6 is 0 Å². The van der Waals surface area contributed by atoms with E-state index in [1.165, 1.54) is 11.3 Å². The molecule has 132 valence electrons. The summed E-state index contributed by atoms with van der Waals surface area (Å²) in [5, 5.41) is 0. The van der Waals surface area contributed by atoms with Gasteiger partial charge in [-0.25, -0.2) is 9.97 Å². The Hall–Kier alpha value is -1.82. The lowest BCUT2D eigenvalue weighted by Crippen LogP contribution is -2.41. The van der Waals surface area contributed by atoms with E-state index in [-0.39, 0.29) is 5.41 Å². The van der Waals surface area contributed by atoms with Crippen LogP contribution in [0.1, 0.15) is 23.4 Å². The zero-order valence-electron chi connectivity index (χ0n) is 15.0. The van der Waals surface area contributed by atoms with Gasteiger partial charge in [0.25, 0.3) is 0 Å². The lowest BCUT2D eigenvalue weighted by Gasteiger charge is -2.35. The number of ether oxygens (including phenoxy) is 2. The topological polar surface area (TPSA) is 47.5 Å². The number of nitrogens with zero attached hydrogens (tertiary/aromatic N) is 3. The molecule has 2 aromatic rings. The normalized spacial score (nSPS) is 23.1. The van der Waals surface area contributed by atoms with Crippen LogP contribution in [0.4, 0.5) is 0 Å². The molecular formula is C20H25N3O2. The SMILES string of the molecule is COCCN1CC[C@@]2(COCc3c(C)nc(-c4ccccc4)nc32)C1. The minimum Gasteiger partial charge on any atom is -0.383 e. The summed E-state index contributed by atoms with van der Waals surface area (Å²) >= 11 is 0. The fourth-order valence-corrected chi connectivity index (χ4v) is 4.02. The van der Waals surface area contributed by atoms with E-state index in [1.807, 2.05) is 18.2 Å². The fourth-order valence-electron chi connectivity index (χ4n) is 4.02. The van der Waals surface area contributed by atoms with Gasteiger partial charge in [0.15, 0.2) is 5.82 Å². The molecule has 1 aromatic heterocycles. The van der Waals surface area contributed by atoms with Crippen molar-refractivity contribution in [3.8, 4) is 11.4 Å². The van der Waals surface area contributed by atoms with E-state index >= 15 is 0 Å². The molecular weight excluding hydrogens is 314 g/mol. The van der Waals surface area contributed by atoms with Gasteiger partial charge in [0.05, 0.1) is 30.9 Å². The second kappa shape index (κ2) is 6.83. The Morgan fingerprint density at radius 1 is 1.24 bits per heavy atom. The average Bonchev–Trinajstić information content (AvgIpc) is 3.05. The zero-order chi connectivity index (χ0) is 17.3. The van der Waals surface area contributed by atoms with E-state index < -0.39 is 0 Å². The van der Waals surface area contributed by atoms with Gasteiger partial charge in [-0.1, -0.05) is 30.3 Å². The van der Waals surface area contributed by atoms with Gasteiger partial charge in [-0.2, -0.15) is 0 Å². The number of methoxy groups -OCH3 is 1. The van der Waals surface area contributed by atoms with Crippen molar-refractivity contribution in [1.29, 1.82) is 0 Å². The quantitative estimate of drug-likeness (QED) is 0.857. The summed E-state index contributed by atoms with van der Waals surface area (Å²) in [4.78, 5) is 12.3. The molecule has 1 atom stereocenters. The third-order valence-electron chi connectivity index (χ3n) is 5.42.